The van der Waals surface area contributed by atoms with Crippen molar-refractivity contribution in [2.24, 2.45) is 0 Å². The summed E-state index contributed by atoms with van der Waals surface area (Å²) in [4.78, 5) is 0. The van der Waals surface area contributed by atoms with Gasteiger partial charge in [0.1, 0.15) is 11.5 Å². The van der Waals surface area contributed by atoms with E-state index < -0.39 is 0 Å². The molecule has 1 aromatic carbocycles. The Hall–Kier alpha value is -1.26. The predicted octanol–water partition coefficient (Wildman–Crippen LogP) is 3.31. The standard InChI is InChI=1S/C17H27NO3/c1-5-18-15(12-17(21-4)9-6-10-17)14-8-7-13(19-2)11-16(14)20-3/h7-8,11,15,18H,5-6,9-10,12H2,1-4H3. The van der Waals surface area contributed by atoms with Crippen LogP contribution in [0.1, 0.15) is 44.2 Å². The van der Waals surface area contributed by atoms with Gasteiger partial charge in [0.05, 0.1) is 19.8 Å². The molecule has 4 nitrogen and oxygen atoms in total. The fraction of sp³-hybridized carbons (Fsp3) is 0.647. The molecule has 0 heterocycles. The highest BCUT2D eigenvalue weighted by Crippen LogP contribution is 2.43. The second-order valence-corrected chi connectivity index (χ2v) is 5.66. The van der Waals surface area contributed by atoms with Gasteiger partial charge in [-0.05, 0) is 38.3 Å². The van der Waals surface area contributed by atoms with Crippen molar-refractivity contribution in [2.45, 2.75) is 44.2 Å². The first-order valence-corrected chi connectivity index (χ1v) is 7.68. The first kappa shape index (κ1) is 16.1. The molecule has 0 bridgehead atoms. The lowest BCUT2D eigenvalue weighted by molar-refractivity contribution is -0.0838. The molecular weight excluding hydrogens is 266 g/mol. The Morgan fingerprint density at radius 3 is 2.43 bits per heavy atom. The summed E-state index contributed by atoms with van der Waals surface area (Å²) in [5.41, 5.74) is 1.20. The molecule has 1 N–H and O–H groups in total. The van der Waals surface area contributed by atoms with Crippen LogP contribution in [0.2, 0.25) is 0 Å². The Bertz CT molecular complexity index is 452. The molecule has 1 fully saturated rings. The number of ether oxygens (including phenoxy) is 3. The van der Waals surface area contributed by atoms with E-state index in [9.17, 15) is 0 Å². The van der Waals surface area contributed by atoms with E-state index in [0.717, 1.165) is 37.3 Å². The molecule has 1 aromatic rings. The topological polar surface area (TPSA) is 39.7 Å². The van der Waals surface area contributed by atoms with E-state index in [1.54, 1.807) is 14.2 Å². The molecule has 0 radical (unpaired) electrons. The molecule has 0 aliphatic heterocycles. The van der Waals surface area contributed by atoms with Crippen LogP contribution in [0.15, 0.2) is 18.2 Å². The van der Waals surface area contributed by atoms with E-state index in [4.69, 9.17) is 14.2 Å². The Labute approximate surface area is 127 Å². The molecule has 0 spiro atoms. The van der Waals surface area contributed by atoms with Crippen molar-refractivity contribution >= 4 is 0 Å². The van der Waals surface area contributed by atoms with Gasteiger partial charge in [-0.1, -0.05) is 13.0 Å². The number of rotatable bonds is 8. The van der Waals surface area contributed by atoms with Gasteiger partial charge in [0, 0.05) is 24.8 Å². The van der Waals surface area contributed by atoms with Crippen LogP contribution in [-0.2, 0) is 4.74 Å². The highest BCUT2D eigenvalue weighted by Gasteiger charge is 2.39. The minimum absolute atomic E-state index is 0.0256. The van der Waals surface area contributed by atoms with E-state index in [2.05, 4.69) is 18.3 Å². The molecule has 0 amide bonds. The second kappa shape index (κ2) is 7.14. The van der Waals surface area contributed by atoms with Gasteiger partial charge in [0.2, 0.25) is 0 Å². The molecular formula is C17H27NO3. The molecule has 1 unspecified atom stereocenters. The average molecular weight is 293 g/mol. The van der Waals surface area contributed by atoms with Gasteiger partial charge in [0.25, 0.3) is 0 Å². The molecule has 0 aromatic heterocycles. The van der Waals surface area contributed by atoms with Crippen LogP contribution in [0, 0.1) is 0 Å². The van der Waals surface area contributed by atoms with E-state index in [1.165, 1.54) is 12.0 Å². The number of benzene rings is 1. The van der Waals surface area contributed by atoms with Crippen LogP contribution in [-0.4, -0.2) is 33.5 Å². The van der Waals surface area contributed by atoms with Gasteiger partial charge in [-0.15, -0.1) is 0 Å². The molecule has 1 atom stereocenters. The zero-order chi connectivity index (χ0) is 15.3. The van der Waals surface area contributed by atoms with Crippen LogP contribution in [0.25, 0.3) is 0 Å². The molecule has 118 valence electrons. The zero-order valence-corrected chi connectivity index (χ0v) is 13.6. The summed E-state index contributed by atoms with van der Waals surface area (Å²) in [7, 11) is 5.20. The van der Waals surface area contributed by atoms with Crippen LogP contribution >= 0.6 is 0 Å². The van der Waals surface area contributed by atoms with Crippen molar-refractivity contribution in [3.63, 3.8) is 0 Å². The van der Waals surface area contributed by atoms with Crippen LogP contribution < -0.4 is 14.8 Å². The Kier molecular flexibility index (Phi) is 5.48. The summed E-state index contributed by atoms with van der Waals surface area (Å²) >= 11 is 0. The maximum atomic E-state index is 5.78. The first-order valence-electron chi connectivity index (χ1n) is 7.68. The first-order chi connectivity index (χ1) is 10.2. The summed E-state index contributed by atoms with van der Waals surface area (Å²) < 4.78 is 16.6. The van der Waals surface area contributed by atoms with E-state index in [1.807, 2.05) is 19.2 Å². The third kappa shape index (κ3) is 3.50. The van der Waals surface area contributed by atoms with Crippen molar-refractivity contribution < 1.29 is 14.2 Å². The van der Waals surface area contributed by atoms with Gasteiger partial charge in [-0.25, -0.2) is 0 Å². The van der Waals surface area contributed by atoms with Gasteiger partial charge in [-0.2, -0.15) is 0 Å². The minimum Gasteiger partial charge on any atom is -0.497 e. The quantitative estimate of drug-likeness (QED) is 0.798. The molecule has 0 saturated heterocycles. The molecule has 1 saturated carbocycles. The van der Waals surface area contributed by atoms with Crippen LogP contribution in [0.3, 0.4) is 0 Å². The van der Waals surface area contributed by atoms with E-state index in [0.29, 0.717) is 0 Å². The predicted molar refractivity (Wildman–Crippen MR) is 84.2 cm³/mol. The lowest BCUT2D eigenvalue weighted by Gasteiger charge is -2.43. The summed E-state index contributed by atoms with van der Waals surface area (Å²) in [5.74, 6) is 1.68. The van der Waals surface area contributed by atoms with Gasteiger partial charge < -0.3 is 19.5 Å². The maximum Gasteiger partial charge on any atom is 0.127 e. The molecule has 1 aliphatic carbocycles. The van der Waals surface area contributed by atoms with Crippen molar-refractivity contribution in [2.75, 3.05) is 27.9 Å². The van der Waals surface area contributed by atoms with Crippen molar-refractivity contribution in [1.82, 2.24) is 5.32 Å². The molecule has 2 rings (SSSR count). The van der Waals surface area contributed by atoms with Crippen molar-refractivity contribution in [3.8, 4) is 11.5 Å². The van der Waals surface area contributed by atoms with E-state index >= 15 is 0 Å². The fourth-order valence-electron chi connectivity index (χ4n) is 3.08. The Morgan fingerprint density at radius 1 is 1.19 bits per heavy atom. The highest BCUT2D eigenvalue weighted by atomic mass is 16.5. The highest BCUT2D eigenvalue weighted by molar-refractivity contribution is 5.42. The molecule has 4 heteroatoms. The third-order valence-corrected chi connectivity index (χ3v) is 4.54. The summed E-state index contributed by atoms with van der Waals surface area (Å²) in [6, 6.07) is 6.26. The average Bonchev–Trinajstić information content (AvgIpc) is 2.49. The fourth-order valence-corrected chi connectivity index (χ4v) is 3.08. The molecule has 21 heavy (non-hydrogen) atoms. The van der Waals surface area contributed by atoms with Gasteiger partial charge in [-0.3, -0.25) is 0 Å². The Morgan fingerprint density at radius 2 is 1.95 bits per heavy atom. The normalized spacial score (nSPS) is 17.9. The SMILES string of the molecule is CCNC(CC1(OC)CCC1)c1ccc(OC)cc1OC. The van der Waals surface area contributed by atoms with Crippen molar-refractivity contribution in [3.05, 3.63) is 23.8 Å². The summed E-state index contributed by atoms with van der Waals surface area (Å²) in [5, 5.41) is 3.57. The second-order valence-electron chi connectivity index (χ2n) is 5.66. The molecule has 1 aliphatic rings. The van der Waals surface area contributed by atoms with E-state index in [-0.39, 0.29) is 11.6 Å². The maximum absolute atomic E-state index is 5.78. The summed E-state index contributed by atoms with van der Waals surface area (Å²) in [6.45, 7) is 3.04. The Balaban J connectivity index is 2.24. The number of nitrogens with one attached hydrogen (secondary N) is 1. The lowest BCUT2D eigenvalue weighted by atomic mass is 9.74. The summed E-state index contributed by atoms with van der Waals surface area (Å²) in [6.07, 6.45) is 4.51. The number of hydrogen-bond acceptors (Lipinski definition) is 4. The van der Waals surface area contributed by atoms with Gasteiger partial charge >= 0.3 is 0 Å². The number of hydrogen-bond donors (Lipinski definition) is 1. The largest absolute Gasteiger partial charge is 0.497 e. The zero-order valence-electron chi connectivity index (χ0n) is 13.6. The van der Waals surface area contributed by atoms with Crippen LogP contribution in [0.5, 0.6) is 11.5 Å². The van der Waals surface area contributed by atoms with Crippen LogP contribution in [0.4, 0.5) is 0 Å². The monoisotopic (exact) mass is 293 g/mol. The lowest BCUT2D eigenvalue weighted by Crippen LogP contribution is -2.43. The van der Waals surface area contributed by atoms with Gasteiger partial charge in [0.15, 0.2) is 0 Å². The minimum atomic E-state index is 0.0256. The van der Waals surface area contributed by atoms with Crippen molar-refractivity contribution in [1.29, 1.82) is 0 Å². The third-order valence-electron chi connectivity index (χ3n) is 4.54. The smallest absolute Gasteiger partial charge is 0.127 e. The number of methoxy groups -OCH3 is 3.